The van der Waals surface area contributed by atoms with Gasteiger partial charge in [-0.25, -0.2) is 0 Å². The molecule has 1 amide bonds. The minimum absolute atomic E-state index is 0.157. The fourth-order valence-electron chi connectivity index (χ4n) is 1.64. The number of anilines is 2. The summed E-state index contributed by atoms with van der Waals surface area (Å²) in [6.07, 6.45) is 1.52. The van der Waals surface area contributed by atoms with Gasteiger partial charge in [-0.3, -0.25) is 9.59 Å². The van der Waals surface area contributed by atoms with Crippen LogP contribution in [0.4, 0.5) is 11.4 Å². The minimum Gasteiger partial charge on any atom is -0.398 e. The van der Waals surface area contributed by atoms with Gasteiger partial charge in [-0.2, -0.15) is 0 Å². The third-order valence-corrected chi connectivity index (χ3v) is 2.93. The van der Waals surface area contributed by atoms with Gasteiger partial charge in [0.05, 0.1) is 16.3 Å². The van der Waals surface area contributed by atoms with Crippen LogP contribution in [-0.4, -0.2) is 10.5 Å². The van der Waals surface area contributed by atoms with Gasteiger partial charge in [-0.15, -0.1) is 0 Å². The summed E-state index contributed by atoms with van der Waals surface area (Å²) < 4.78 is 1.37. The molecule has 1 heterocycles. The average Bonchev–Trinajstić information content (AvgIpc) is 2.33. The molecule has 0 fully saturated rings. The summed E-state index contributed by atoms with van der Waals surface area (Å²) in [5.41, 5.74) is 6.59. The molecule has 1 aromatic heterocycles. The second-order valence-corrected chi connectivity index (χ2v) is 4.43. The smallest absolute Gasteiger partial charge is 0.259 e. The predicted molar refractivity (Wildman–Crippen MR) is 75.5 cm³/mol. The van der Waals surface area contributed by atoms with Gasteiger partial charge in [0.25, 0.3) is 5.91 Å². The first-order chi connectivity index (χ1) is 8.99. The third-order valence-electron chi connectivity index (χ3n) is 2.62. The van der Waals surface area contributed by atoms with Crippen LogP contribution in [0, 0.1) is 0 Å². The Kier molecular flexibility index (Phi) is 3.57. The largest absolute Gasteiger partial charge is 0.398 e. The topological polar surface area (TPSA) is 77.1 Å². The molecule has 2 aromatic rings. The fourth-order valence-corrected chi connectivity index (χ4v) is 1.91. The van der Waals surface area contributed by atoms with Gasteiger partial charge in [-0.1, -0.05) is 17.7 Å². The number of nitrogens with one attached hydrogen (secondary N) is 1. The number of hydrogen-bond donors (Lipinski definition) is 2. The van der Waals surface area contributed by atoms with Crippen LogP contribution < -0.4 is 16.6 Å². The molecule has 0 radical (unpaired) electrons. The summed E-state index contributed by atoms with van der Waals surface area (Å²) in [4.78, 5) is 23.3. The molecule has 3 N–H and O–H groups in total. The molecule has 0 spiro atoms. The van der Waals surface area contributed by atoms with Crippen LogP contribution in [0.25, 0.3) is 0 Å². The average molecular weight is 278 g/mol. The molecule has 0 aliphatic carbocycles. The van der Waals surface area contributed by atoms with Crippen LogP contribution in [0.5, 0.6) is 0 Å². The third kappa shape index (κ3) is 2.77. The molecule has 0 saturated carbocycles. The number of carbonyl (C=O) groups is 1. The Balaban J connectivity index is 2.31. The second kappa shape index (κ2) is 5.16. The lowest BCUT2D eigenvalue weighted by Gasteiger charge is -2.09. The highest BCUT2D eigenvalue weighted by Gasteiger charge is 2.14. The van der Waals surface area contributed by atoms with Crippen molar-refractivity contribution in [2.24, 2.45) is 7.05 Å². The van der Waals surface area contributed by atoms with E-state index < -0.39 is 5.91 Å². The van der Waals surface area contributed by atoms with E-state index in [0.29, 0.717) is 11.4 Å². The molecular formula is C13H12ClN3O2. The number of aromatic nitrogens is 1. The van der Waals surface area contributed by atoms with E-state index in [1.165, 1.54) is 22.9 Å². The van der Waals surface area contributed by atoms with Crippen LogP contribution in [0.1, 0.15) is 10.4 Å². The van der Waals surface area contributed by atoms with E-state index in [9.17, 15) is 9.59 Å². The van der Waals surface area contributed by atoms with Gasteiger partial charge in [-0.05, 0) is 18.2 Å². The zero-order valence-corrected chi connectivity index (χ0v) is 10.9. The van der Waals surface area contributed by atoms with Crippen molar-refractivity contribution in [2.75, 3.05) is 11.1 Å². The molecule has 0 saturated heterocycles. The maximum Gasteiger partial charge on any atom is 0.259 e. The lowest BCUT2D eigenvalue weighted by atomic mass is 10.1. The zero-order chi connectivity index (χ0) is 14.0. The Morgan fingerprint density at radius 3 is 2.68 bits per heavy atom. The van der Waals surface area contributed by atoms with E-state index in [1.807, 2.05) is 0 Å². The van der Waals surface area contributed by atoms with Gasteiger partial charge in [0.15, 0.2) is 0 Å². The number of hydrogen-bond acceptors (Lipinski definition) is 3. The van der Waals surface area contributed by atoms with Crippen molar-refractivity contribution in [1.82, 2.24) is 4.57 Å². The van der Waals surface area contributed by atoms with Crippen LogP contribution in [0.2, 0.25) is 5.02 Å². The molecule has 0 atom stereocenters. The van der Waals surface area contributed by atoms with Gasteiger partial charge in [0.2, 0.25) is 5.56 Å². The lowest BCUT2D eigenvalue weighted by Crippen LogP contribution is -2.19. The fraction of sp³-hybridized carbons (Fsp3) is 0.0769. The molecular weight excluding hydrogens is 266 g/mol. The maximum atomic E-state index is 12.1. The maximum absolute atomic E-state index is 12.1. The zero-order valence-electron chi connectivity index (χ0n) is 10.2. The van der Waals surface area contributed by atoms with Crippen LogP contribution in [0.15, 0.2) is 41.3 Å². The summed E-state index contributed by atoms with van der Waals surface area (Å²) in [5, 5.41) is 2.92. The summed E-state index contributed by atoms with van der Waals surface area (Å²) in [5.74, 6) is -0.415. The SMILES string of the molecule is Cn1cc(NC(=O)c2c(N)cccc2Cl)ccc1=O. The highest BCUT2D eigenvalue weighted by molar-refractivity contribution is 6.35. The number of rotatable bonds is 2. The first-order valence-electron chi connectivity index (χ1n) is 5.51. The predicted octanol–water partition coefficient (Wildman–Crippen LogP) is 1.87. The van der Waals surface area contributed by atoms with Crippen molar-refractivity contribution in [1.29, 1.82) is 0 Å². The number of nitrogens with two attached hydrogens (primary N) is 1. The van der Waals surface area contributed by atoms with Crippen LogP contribution >= 0.6 is 11.6 Å². The van der Waals surface area contributed by atoms with Gasteiger partial charge >= 0.3 is 0 Å². The van der Waals surface area contributed by atoms with Crippen LogP contribution in [0.3, 0.4) is 0 Å². The summed E-state index contributed by atoms with van der Waals surface area (Å²) in [6.45, 7) is 0. The monoisotopic (exact) mass is 277 g/mol. The molecule has 0 bridgehead atoms. The van der Waals surface area contributed by atoms with Gasteiger partial charge < -0.3 is 15.6 Å². The van der Waals surface area contributed by atoms with Crippen molar-refractivity contribution >= 4 is 28.9 Å². The summed E-state index contributed by atoms with van der Waals surface area (Å²) in [6, 6.07) is 7.74. The van der Waals surface area contributed by atoms with Crippen molar-refractivity contribution in [2.45, 2.75) is 0 Å². The molecule has 0 unspecified atom stereocenters. The van der Waals surface area contributed by atoms with Crippen molar-refractivity contribution in [3.05, 3.63) is 57.5 Å². The van der Waals surface area contributed by atoms with E-state index in [-0.39, 0.29) is 16.1 Å². The number of nitrogens with zero attached hydrogens (tertiary/aromatic N) is 1. The lowest BCUT2D eigenvalue weighted by molar-refractivity contribution is 0.102. The van der Waals surface area contributed by atoms with Gasteiger partial charge in [0.1, 0.15) is 0 Å². The minimum atomic E-state index is -0.415. The molecule has 0 aliphatic rings. The first-order valence-corrected chi connectivity index (χ1v) is 5.89. The van der Waals surface area contributed by atoms with Crippen molar-refractivity contribution < 1.29 is 4.79 Å². The van der Waals surface area contributed by atoms with E-state index in [0.717, 1.165) is 0 Å². The molecule has 6 heteroatoms. The Hall–Kier alpha value is -2.27. The van der Waals surface area contributed by atoms with E-state index >= 15 is 0 Å². The number of benzene rings is 1. The van der Waals surface area contributed by atoms with Crippen molar-refractivity contribution in [3.8, 4) is 0 Å². The van der Waals surface area contributed by atoms with Gasteiger partial charge in [0, 0.05) is 25.0 Å². The highest BCUT2D eigenvalue weighted by Crippen LogP contribution is 2.22. The molecule has 2 rings (SSSR count). The highest BCUT2D eigenvalue weighted by atomic mass is 35.5. The number of aryl methyl sites for hydroxylation is 1. The van der Waals surface area contributed by atoms with E-state index in [1.54, 1.807) is 25.2 Å². The molecule has 0 aliphatic heterocycles. The first kappa shape index (κ1) is 13.2. The molecule has 1 aromatic carbocycles. The summed E-state index contributed by atoms with van der Waals surface area (Å²) in [7, 11) is 1.60. The van der Waals surface area contributed by atoms with Crippen molar-refractivity contribution in [3.63, 3.8) is 0 Å². The summed E-state index contributed by atoms with van der Waals surface area (Å²) >= 11 is 5.95. The Bertz CT molecular complexity index is 674. The Morgan fingerprint density at radius 2 is 2.05 bits per heavy atom. The normalized spacial score (nSPS) is 10.2. The van der Waals surface area contributed by atoms with Crippen LogP contribution in [-0.2, 0) is 7.05 Å². The van der Waals surface area contributed by atoms with E-state index in [4.69, 9.17) is 17.3 Å². The molecule has 5 nitrogen and oxygen atoms in total. The number of pyridine rings is 1. The second-order valence-electron chi connectivity index (χ2n) is 4.03. The Labute approximate surface area is 114 Å². The standard InChI is InChI=1S/C13H12ClN3O2/c1-17-7-8(5-6-11(17)18)16-13(19)12-9(14)3-2-4-10(12)15/h2-7H,15H2,1H3,(H,16,19). The quantitative estimate of drug-likeness (QED) is 0.823. The number of halogens is 1. The number of nitrogen functional groups attached to an aromatic ring is 1. The molecule has 19 heavy (non-hydrogen) atoms. The number of amides is 1. The number of carbonyl (C=O) groups excluding carboxylic acids is 1. The Morgan fingerprint density at radius 1 is 1.32 bits per heavy atom. The van der Waals surface area contributed by atoms with E-state index in [2.05, 4.69) is 5.32 Å². The molecule has 98 valence electrons.